The average molecular weight is 549 g/mol. The molecule has 1 aromatic rings. The molecule has 1 aromatic carbocycles. The molecule has 2 aliphatic carbocycles. The first-order chi connectivity index (χ1) is 18.0. The topological polar surface area (TPSA) is 85.4 Å². The molecule has 4 aliphatic rings. The molecule has 2 heterocycles. The summed E-state index contributed by atoms with van der Waals surface area (Å²) >= 11 is 0. The van der Waals surface area contributed by atoms with Crippen molar-refractivity contribution in [3.63, 3.8) is 0 Å². The second kappa shape index (κ2) is 12.7. The number of ether oxygens (including phenoxy) is 3. The molecule has 0 N–H and O–H groups in total. The van der Waals surface area contributed by atoms with E-state index in [0.29, 0.717) is 17.5 Å². The van der Waals surface area contributed by atoms with Gasteiger partial charge in [-0.15, -0.1) is 0 Å². The average Bonchev–Trinajstić information content (AvgIpc) is 3.20. The molecular formula is C29H44N2O6S. The Morgan fingerprint density at radius 3 is 2.26 bits per heavy atom. The standard InChI is InChI=1S/C21H23NO5.C6H15N.C2H6OS/c1-11(23)25-16-6-4-13-10-15-14-5-7-17(26-12(2)24)20-21(14,8-9-22(15)3)18(13)19(16)27-20;1-4-7(5-2)6-3;1-4(2)3/h4-7,14-15,17,20H,8-10H2,1-3H3;4-6H2,1-3H3;1-2H3/t14-,15+,17-,20-,21-;;/m0../s1. The van der Waals surface area contributed by atoms with Gasteiger partial charge in [0.05, 0.1) is 0 Å². The fraction of sp³-hybridized carbons (Fsp3) is 0.655. The molecule has 2 bridgehead atoms. The fourth-order valence-electron chi connectivity index (χ4n) is 6.41. The van der Waals surface area contributed by atoms with Gasteiger partial charge in [0.25, 0.3) is 0 Å². The maximum atomic E-state index is 11.7. The van der Waals surface area contributed by atoms with Crippen molar-refractivity contribution >= 4 is 22.7 Å². The highest BCUT2D eigenvalue weighted by Crippen LogP contribution is 2.62. The smallest absolute Gasteiger partial charge is 0.308 e. The molecule has 38 heavy (non-hydrogen) atoms. The first-order valence-electron chi connectivity index (χ1n) is 13.5. The van der Waals surface area contributed by atoms with Crippen molar-refractivity contribution in [2.24, 2.45) is 5.92 Å². The van der Waals surface area contributed by atoms with Crippen LogP contribution < -0.4 is 9.47 Å². The number of hydrogen-bond donors (Lipinski definition) is 0. The number of likely N-dealkylation sites (N-methyl/N-ethyl adjacent to an activating group) is 1. The second-order valence-corrected chi connectivity index (χ2v) is 11.9. The molecule has 1 saturated heterocycles. The summed E-state index contributed by atoms with van der Waals surface area (Å²) < 4.78 is 27.0. The Hall–Kier alpha value is -2.23. The molecule has 8 nitrogen and oxygen atoms in total. The summed E-state index contributed by atoms with van der Waals surface area (Å²) in [6.45, 7) is 13.9. The number of piperidine rings is 1. The molecule has 0 radical (unpaired) electrons. The zero-order valence-corrected chi connectivity index (χ0v) is 24.9. The Bertz CT molecular complexity index is 1060. The number of likely N-dealkylation sites (tertiary alicyclic amines) is 1. The Morgan fingerprint density at radius 2 is 1.74 bits per heavy atom. The van der Waals surface area contributed by atoms with Crippen molar-refractivity contribution in [1.29, 1.82) is 0 Å². The summed E-state index contributed by atoms with van der Waals surface area (Å²) in [5.41, 5.74) is 2.15. The fourth-order valence-corrected chi connectivity index (χ4v) is 6.41. The van der Waals surface area contributed by atoms with Crippen LogP contribution in [0.3, 0.4) is 0 Å². The van der Waals surface area contributed by atoms with Crippen molar-refractivity contribution in [3.05, 3.63) is 35.4 Å². The van der Waals surface area contributed by atoms with Crippen molar-refractivity contribution in [1.82, 2.24) is 9.80 Å². The summed E-state index contributed by atoms with van der Waals surface area (Å²) in [7, 11) is 1.56. The van der Waals surface area contributed by atoms with E-state index in [1.54, 1.807) is 12.5 Å². The van der Waals surface area contributed by atoms with Crippen LogP contribution in [0, 0.1) is 5.92 Å². The maximum Gasteiger partial charge on any atom is 0.308 e. The molecule has 5 rings (SSSR count). The zero-order valence-electron chi connectivity index (χ0n) is 24.1. The predicted molar refractivity (Wildman–Crippen MR) is 150 cm³/mol. The number of rotatable bonds is 5. The molecule has 0 saturated carbocycles. The van der Waals surface area contributed by atoms with E-state index in [4.69, 9.17) is 14.2 Å². The number of carbonyl (C=O) groups is 2. The van der Waals surface area contributed by atoms with E-state index < -0.39 is 16.9 Å². The number of nitrogens with zero attached hydrogens (tertiary/aromatic N) is 2. The molecule has 212 valence electrons. The molecule has 5 atom stereocenters. The van der Waals surface area contributed by atoms with E-state index in [1.807, 2.05) is 12.1 Å². The molecule has 1 spiro atoms. The Balaban J connectivity index is 0.000000310. The van der Waals surface area contributed by atoms with E-state index in [1.165, 1.54) is 39.0 Å². The summed E-state index contributed by atoms with van der Waals surface area (Å²) in [5.74, 6) is 0.712. The van der Waals surface area contributed by atoms with Gasteiger partial charge in [-0.1, -0.05) is 32.9 Å². The van der Waals surface area contributed by atoms with Gasteiger partial charge in [-0.05, 0) is 63.8 Å². The monoisotopic (exact) mass is 548 g/mol. The van der Waals surface area contributed by atoms with Crippen molar-refractivity contribution in [3.8, 4) is 11.5 Å². The summed E-state index contributed by atoms with van der Waals surface area (Å²) in [6.07, 6.45) is 8.59. The van der Waals surface area contributed by atoms with Crippen LogP contribution >= 0.6 is 0 Å². The summed E-state index contributed by atoms with van der Waals surface area (Å²) in [6, 6.07) is 4.28. The van der Waals surface area contributed by atoms with Crippen molar-refractivity contribution < 1.29 is 28.0 Å². The van der Waals surface area contributed by atoms with Gasteiger partial charge >= 0.3 is 11.9 Å². The Kier molecular flexibility index (Phi) is 10.2. The molecule has 1 fully saturated rings. The minimum absolute atomic E-state index is 0.245. The number of benzene rings is 1. The van der Waals surface area contributed by atoms with Gasteiger partial charge in [0.15, 0.2) is 17.6 Å². The van der Waals surface area contributed by atoms with Crippen LogP contribution in [0.4, 0.5) is 0 Å². The highest BCUT2D eigenvalue weighted by atomic mass is 32.2. The number of esters is 2. The SMILES string of the molecule is CC(=O)Oc1ccc2c3c1O[C@H]1[C@@H](OC(C)=O)C=C[C@H]4[C@@H](C2)N(C)CC[C@@]341.CCN(CC)CC.CS(C)=O. The van der Waals surface area contributed by atoms with Crippen LogP contribution in [-0.4, -0.2) is 89.9 Å². The van der Waals surface area contributed by atoms with Crippen LogP contribution in [0.15, 0.2) is 24.3 Å². The van der Waals surface area contributed by atoms with E-state index in [9.17, 15) is 13.8 Å². The van der Waals surface area contributed by atoms with Crippen LogP contribution in [0.2, 0.25) is 0 Å². The van der Waals surface area contributed by atoms with Gasteiger partial charge in [-0.25, -0.2) is 0 Å². The first kappa shape index (κ1) is 30.3. The number of hydrogen-bond acceptors (Lipinski definition) is 8. The van der Waals surface area contributed by atoms with E-state index in [-0.39, 0.29) is 29.4 Å². The summed E-state index contributed by atoms with van der Waals surface area (Å²) in [5, 5.41) is 0. The lowest BCUT2D eigenvalue weighted by atomic mass is 9.53. The third-order valence-corrected chi connectivity index (χ3v) is 8.01. The van der Waals surface area contributed by atoms with Crippen molar-refractivity contribution in [2.75, 3.05) is 45.7 Å². The predicted octanol–water partition coefficient (Wildman–Crippen LogP) is 3.33. The Labute approximate surface area is 230 Å². The van der Waals surface area contributed by atoms with Gasteiger partial charge < -0.3 is 24.0 Å². The minimum Gasteiger partial charge on any atom is -0.481 e. The van der Waals surface area contributed by atoms with Gasteiger partial charge in [-0.3, -0.25) is 13.8 Å². The Morgan fingerprint density at radius 1 is 1.11 bits per heavy atom. The zero-order chi connectivity index (χ0) is 28.2. The minimum atomic E-state index is -0.611. The van der Waals surface area contributed by atoms with E-state index in [2.05, 4.69) is 49.8 Å². The van der Waals surface area contributed by atoms with E-state index >= 15 is 0 Å². The molecule has 0 amide bonds. The molecule has 0 unspecified atom stereocenters. The third-order valence-electron chi connectivity index (χ3n) is 8.01. The highest BCUT2D eigenvalue weighted by Gasteiger charge is 2.65. The molecule has 9 heteroatoms. The van der Waals surface area contributed by atoms with E-state index in [0.717, 1.165) is 24.9 Å². The van der Waals surface area contributed by atoms with Crippen LogP contribution in [0.25, 0.3) is 0 Å². The lowest BCUT2D eigenvalue weighted by Crippen LogP contribution is -2.65. The normalized spacial score (nSPS) is 27.8. The number of carbonyl (C=O) groups excluding carboxylic acids is 2. The molecule has 2 aliphatic heterocycles. The maximum absolute atomic E-state index is 11.7. The molecule has 0 aromatic heterocycles. The van der Waals surface area contributed by atoms with Gasteiger partial charge in [0.1, 0.15) is 6.10 Å². The van der Waals surface area contributed by atoms with Gasteiger partial charge in [0.2, 0.25) is 0 Å². The first-order valence-corrected chi connectivity index (χ1v) is 15.5. The lowest BCUT2D eigenvalue weighted by Gasteiger charge is -2.56. The van der Waals surface area contributed by atoms with Crippen LogP contribution in [0.5, 0.6) is 11.5 Å². The lowest BCUT2D eigenvalue weighted by molar-refractivity contribution is -0.152. The second-order valence-electron chi connectivity index (χ2n) is 10.4. The third kappa shape index (κ3) is 6.00. The highest BCUT2D eigenvalue weighted by molar-refractivity contribution is 7.83. The molecular weight excluding hydrogens is 504 g/mol. The van der Waals surface area contributed by atoms with Gasteiger partial charge in [-0.2, -0.15) is 0 Å². The quantitative estimate of drug-likeness (QED) is 0.315. The van der Waals surface area contributed by atoms with Gasteiger partial charge in [0, 0.05) is 60.1 Å². The van der Waals surface area contributed by atoms with Crippen LogP contribution in [0.1, 0.15) is 52.2 Å². The summed E-state index contributed by atoms with van der Waals surface area (Å²) in [4.78, 5) is 28.1. The van der Waals surface area contributed by atoms with Crippen LogP contribution in [-0.2, 0) is 37.0 Å². The largest absolute Gasteiger partial charge is 0.481 e. The van der Waals surface area contributed by atoms with Crippen molar-refractivity contribution in [2.45, 2.75) is 71.1 Å².